The van der Waals surface area contributed by atoms with Crippen LogP contribution >= 0.6 is 0 Å². The van der Waals surface area contributed by atoms with Crippen LogP contribution in [0.15, 0.2) is 12.1 Å². The number of piperazine rings is 1. The molecule has 0 radical (unpaired) electrons. The Balaban J connectivity index is 1.92. The highest BCUT2D eigenvalue weighted by Gasteiger charge is 2.26. The quantitative estimate of drug-likeness (QED) is 0.768. The van der Waals surface area contributed by atoms with Crippen molar-refractivity contribution in [2.24, 2.45) is 0 Å². The largest absolute Gasteiger partial charge is 0.351 e. The van der Waals surface area contributed by atoms with Gasteiger partial charge in [0, 0.05) is 32.7 Å². The van der Waals surface area contributed by atoms with Crippen LogP contribution in [0.5, 0.6) is 0 Å². The van der Waals surface area contributed by atoms with Gasteiger partial charge in [0.1, 0.15) is 0 Å². The Labute approximate surface area is 138 Å². The molecular weight excluding hydrogens is 347 g/mol. The summed E-state index contributed by atoms with van der Waals surface area (Å²) in [6.07, 6.45) is 0. The molecule has 1 fully saturated rings. The van der Waals surface area contributed by atoms with E-state index < -0.39 is 38.9 Å². The summed E-state index contributed by atoms with van der Waals surface area (Å²) in [4.78, 5) is 13.8. The number of carbonyl (C=O) groups excluding carboxylic acids is 1. The average molecular weight is 365 g/mol. The summed E-state index contributed by atoms with van der Waals surface area (Å²) in [6, 6.07) is 1.44. The summed E-state index contributed by atoms with van der Waals surface area (Å²) in [5.74, 6) is -6.10. The molecule has 1 aromatic rings. The molecule has 0 aromatic heterocycles. The summed E-state index contributed by atoms with van der Waals surface area (Å²) in [6.45, 7) is 1.71. The zero-order valence-corrected chi connectivity index (χ0v) is 13.9. The predicted octanol–water partition coefficient (Wildman–Crippen LogP) is 0.411. The van der Waals surface area contributed by atoms with Gasteiger partial charge < -0.3 is 10.2 Å². The van der Waals surface area contributed by atoms with E-state index in [4.69, 9.17) is 0 Å². The van der Waals surface area contributed by atoms with Crippen molar-refractivity contribution in [3.05, 3.63) is 35.1 Å². The second kappa shape index (κ2) is 7.49. The molecule has 1 aliphatic rings. The van der Waals surface area contributed by atoms with Gasteiger partial charge in [0.2, 0.25) is 10.0 Å². The molecule has 10 heteroatoms. The molecule has 1 aromatic carbocycles. The lowest BCUT2D eigenvalue weighted by Crippen LogP contribution is -2.48. The van der Waals surface area contributed by atoms with Crippen molar-refractivity contribution in [2.75, 3.05) is 45.5 Å². The van der Waals surface area contributed by atoms with Crippen LogP contribution in [0.25, 0.3) is 0 Å². The summed E-state index contributed by atoms with van der Waals surface area (Å²) in [5, 5.41) is 2.21. The number of carbonyl (C=O) groups is 1. The van der Waals surface area contributed by atoms with E-state index >= 15 is 0 Å². The van der Waals surface area contributed by atoms with Crippen molar-refractivity contribution >= 4 is 15.9 Å². The molecule has 1 saturated heterocycles. The number of likely N-dealkylation sites (N-methyl/N-ethyl adjacent to an activating group) is 1. The first-order chi connectivity index (χ1) is 11.2. The second-order valence-electron chi connectivity index (χ2n) is 5.50. The molecule has 0 bridgehead atoms. The number of amides is 1. The van der Waals surface area contributed by atoms with Crippen molar-refractivity contribution in [3.8, 4) is 0 Å². The maximum atomic E-state index is 13.5. The predicted molar refractivity (Wildman–Crippen MR) is 81.5 cm³/mol. The maximum Gasteiger partial charge on any atom is 0.254 e. The third kappa shape index (κ3) is 4.25. The molecule has 134 valence electrons. The molecule has 0 saturated carbocycles. The number of benzene rings is 1. The third-order valence-corrected chi connectivity index (χ3v) is 5.65. The molecule has 1 aliphatic heterocycles. The SMILES string of the molecule is CN1CCN(S(=O)(=O)CCNC(=O)c2ccc(F)c(F)c2F)CC1. The summed E-state index contributed by atoms with van der Waals surface area (Å²) in [5.41, 5.74) is -0.675. The Hall–Kier alpha value is -1.65. The monoisotopic (exact) mass is 365 g/mol. The standard InChI is InChI=1S/C14H18F3N3O3S/c1-19-5-7-20(8-6-19)24(22,23)9-4-18-14(21)10-2-3-11(15)13(17)12(10)16/h2-3H,4-9H2,1H3,(H,18,21). The first-order valence-electron chi connectivity index (χ1n) is 7.30. The van der Waals surface area contributed by atoms with E-state index in [1.165, 1.54) is 4.31 Å². The van der Waals surface area contributed by atoms with Gasteiger partial charge in [-0.2, -0.15) is 4.31 Å². The Morgan fingerprint density at radius 1 is 1.12 bits per heavy atom. The normalized spacial score (nSPS) is 17.0. The summed E-state index contributed by atoms with van der Waals surface area (Å²) < 4.78 is 65.1. The third-order valence-electron chi connectivity index (χ3n) is 3.78. The second-order valence-corrected chi connectivity index (χ2v) is 7.59. The molecular formula is C14H18F3N3O3S. The molecule has 1 heterocycles. The van der Waals surface area contributed by atoms with Crippen LogP contribution < -0.4 is 5.32 Å². The zero-order chi connectivity index (χ0) is 17.9. The van der Waals surface area contributed by atoms with Crippen LogP contribution in [-0.2, 0) is 10.0 Å². The van der Waals surface area contributed by atoms with Gasteiger partial charge in [-0.25, -0.2) is 21.6 Å². The average Bonchev–Trinajstić information content (AvgIpc) is 2.53. The summed E-state index contributed by atoms with van der Waals surface area (Å²) >= 11 is 0. The number of nitrogens with one attached hydrogen (secondary N) is 1. The van der Waals surface area contributed by atoms with Crippen molar-refractivity contribution in [3.63, 3.8) is 0 Å². The van der Waals surface area contributed by atoms with E-state index in [2.05, 4.69) is 5.32 Å². The van der Waals surface area contributed by atoms with Crippen molar-refractivity contribution in [2.45, 2.75) is 0 Å². The van der Waals surface area contributed by atoms with E-state index in [1.807, 2.05) is 11.9 Å². The highest BCUT2D eigenvalue weighted by Crippen LogP contribution is 2.15. The van der Waals surface area contributed by atoms with Gasteiger partial charge in [-0.1, -0.05) is 0 Å². The lowest BCUT2D eigenvalue weighted by Gasteiger charge is -2.31. The molecule has 0 atom stereocenters. The van der Waals surface area contributed by atoms with Crippen molar-refractivity contribution < 1.29 is 26.4 Å². The lowest BCUT2D eigenvalue weighted by atomic mass is 10.2. The van der Waals surface area contributed by atoms with Crippen LogP contribution in [0, 0.1) is 17.5 Å². The first-order valence-corrected chi connectivity index (χ1v) is 8.91. The molecule has 1 N–H and O–H groups in total. The molecule has 0 unspecified atom stereocenters. The molecule has 24 heavy (non-hydrogen) atoms. The van der Waals surface area contributed by atoms with E-state index in [0.29, 0.717) is 32.2 Å². The smallest absolute Gasteiger partial charge is 0.254 e. The van der Waals surface area contributed by atoms with Gasteiger partial charge >= 0.3 is 0 Å². The molecule has 1 amide bonds. The minimum absolute atomic E-state index is 0.258. The minimum atomic E-state index is -3.55. The highest BCUT2D eigenvalue weighted by atomic mass is 32.2. The van der Waals surface area contributed by atoms with Crippen LogP contribution in [0.4, 0.5) is 13.2 Å². The number of sulfonamides is 1. The molecule has 6 nitrogen and oxygen atoms in total. The van der Waals surface area contributed by atoms with Gasteiger partial charge in [-0.3, -0.25) is 4.79 Å². The van der Waals surface area contributed by atoms with E-state index in [0.717, 1.165) is 6.07 Å². The highest BCUT2D eigenvalue weighted by molar-refractivity contribution is 7.89. The van der Waals surface area contributed by atoms with Crippen LogP contribution in [0.1, 0.15) is 10.4 Å². The Morgan fingerprint density at radius 3 is 2.38 bits per heavy atom. The van der Waals surface area contributed by atoms with E-state index in [9.17, 15) is 26.4 Å². The molecule has 2 rings (SSSR count). The van der Waals surface area contributed by atoms with Gasteiger partial charge in [-0.05, 0) is 19.2 Å². The van der Waals surface area contributed by atoms with Crippen LogP contribution in [0.2, 0.25) is 0 Å². The topological polar surface area (TPSA) is 69.7 Å². The maximum absolute atomic E-state index is 13.5. The number of nitrogens with zero attached hydrogens (tertiary/aromatic N) is 2. The van der Waals surface area contributed by atoms with Gasteiger partial charge in [0.25, 0.3) is 5.91 Å². The fourth-order valence-corrected chi connectivity index (χ4v) is 3.62. The Morgan fingerprint density at radius 2 is 1.75 bits per heavy atom. The van der Waals surface area contributed by atoms with Crippen molar-refractivity contribution in [1.82, 2.24) is 14.5 Å². The molecule has 0 spiro atoms. The zero-order valence-electron chi connectivity index (χ0n) is 13.1. The van der Waals surface area contributed by atoms with Crippen molar-refractivity contribution in [1.29, 1.82) is 0 Å². The van der Waals surface area contributed by atoms with E-state index in [-0.39, 0.29) is 12.3 Å². The first kappa shape index (κ1) is 18.7. The lowest BCUT2D eigenvalue weighted by molar-refractivity contribution is 0.0950. The Bertz CT molecular complexity index is 719. The number of hydrogen-bond donors (Lipinski definition) is 1. The van der Waals surface area contributed by atoms with Gasteiger partial charge in [-0.15, -0.1) is 0 Å². The van der Waals surface area contributed by atoms with Gasteiger partial charge in [0.15, 0.2) is 17.5 Å². The fourth-order valence-electron chi connectivity index (χ4n) is 2.29. The minimum Gasteiger partial charge on any atom is -0.351 e. The fraction of sp³-hybridized carbons (Fsp3) is 0.500. The Kier molecular flexibility index (Phi) is 5.83. The van der Waals surface area contributed by atoms with Crippen LogP contribution in [-0.4, -0.2) is 69.1 Å². The number of hydrogen-bond acceptors (Lipinski definition) is 4. The van der Waals surface area contributed by atoms with E-state index in [1.54, 1.807) is 0 Å². The number of rotatable bonds is 5. The molecule has 0 aliphatic carbocycles. The summed E-state index contributed by atoms with van der Waals surface area (Å²) in [7, 11) is -1.66. The number of halogens is 3. The van der Waals surface area contributed by atoms with Gasteiger partial charge in [0.05, 0.1) is 11.3 Å². The van der Waals surface area contributed by atoms with Crippen LogP contribution in [0.3, 0.4) is 0 Å².